The SMILES string of the molecule is O=C(CCn1ncc(=O)c2ccccc21)Oc1ccc(N2CCCC2=O)cc1. The number of fused-ring (bicyclic) bond motifs is 1. The fourth-order valence-electron chi connectivity index (χ4n) is 3.33. The van der Waals surface area contributed by atoms with Crippen molar-refractivity contribution < 1.29 is 14.3 Å². The summed E-state index contributed by atoms with van der Waals surface area (Å²) in [4.78, 5) is 37.6. The summed E-state index contributed by atoms with van der Waals surface area (Å²) in [6.07, 6.45) is 2.81. The van der Waals surface area contributed by atoms with Gasteiger partial charge in [0, 0.05) is 24.0 Å². The van der Waals surface area contributed by atoms with Crippen LogP contribution in [-0.2, 0) is 16.1 Å². The van der Waals surface area contributed by atoms with Gasteiger partial charge in [-0.1, -0.05) is 12.1 Å². The second-order valence-corrected chi connectivity index (χ2v) is 6.62. The average Bonchev–Trinajstić information content (AvgIpc) is 3.14. The van der Waals surface area contributed by atoms with Crippen molar-refractivity contribution in [1.82, 2.24) is 9.78 Å². The molecule has 1 fully saturated rings. The molecule has 0 atom stereocenters. The van der Waals surface area contributed by atoms with Gasteiger partial charge in [-0.15, -0.1) is 0 Å². The number of aromatic nitrogens is 2. The Bertz CT molecular complexity index is 1090. The number of carbonyl (C=O) groups excluding carboxylic acids is 2. The van der Waals surface area contributed by atoms with Crippen LogP contribution in [0.15, 0.2) is 59.5 Å². The summed E-state index contributed by atoms with van der Waals surface area (Å²) in [5, 5.41) is 4.67. The van der Waals surface area contributed by atoms with Gasteiger partial charge in [0.25, 0.3) is 0 Å². The van der Waals surface area contributed by atoms with E-state index in [1.54, 1.807) is 52.0 Å². The van der Waals surface area contributed by atoms with Crippen molar-refractivity contribution in [2.75, 3.05) is 11.4 Å². The number of esters is 1. The molecule has 4 rings (SSSR count). The largest absolute Gasteiger partial charge is 0.426 e. The van der Waals surface area contributed by atoms with Crippen LogP contribution in [0, 0.1) is 0 Å². The average molecular weight is 377 g/mol. The lowest BCUT2D eigenvalue weighted by atomic mass is 10.2. The number of amides is 1. The van der Waals surface area contributed by atoms with Crippen molar-refractivity contribution in [2.24, 2.45) is 0 Å². The Hall–Kier alpha value is -3.48. The molecule has 1 amide bonds. The monoisotopic (exact) mass is 377 g/mol. The minimum atomic E-state index is -0.394. The summed E-state index contributed by atoms with van der Waals surface area (Å²) in [5.74, 6) is 0.151. The van der Waals surface area contributed by atoms with E-state index in [1.165, 1.54) is 6.20 Å². The molecule has 1 aliphatic rings. The van der Waals surface area contributed by atoms with Crippen molar-refractivity contribution in [1.29, 1.82) is 0 Å². The predicted molar refractivity (Wildman–Crippen MR) is 104 cm³/mol. The molecule has 3 aromatic rings. The van der Waals surface area contributed by atoms with Gasteiger partial charge in [-0.05, 0) is 42.8 Å². The molecule has 0 N–H and O–H groups in total. The number of para-hydroxylation sites is 1. The van der Waals surface area contributed by atoms with Crippen molar-refractivity contribution in [3.05, 3.63) is 65.0 Å². The van der Waals surface area contributed by atoms with E-state index in [9.17, 15) is 14.4 Å². The molecular weight excluding hydrogens is 358 g/mol. The molecule has 0 unspecified atom stereocenters. The Morgan fingerprint density at radius 1 is 1.07 bits per heavy atom. The van der Waals surface area contributed by atoms with Crippen LogP contribution in [0.3, 0.4) is 0 Å². The van der Waals surface area contributed by atoms with Gasteiger partial charge >= 0.3 is 5.97 Å². The number of hydrogen-bond acceptors (Lipinski definition) is 5. The molecule has 0 saturated carbocycles. The third-order valence-corrected chi connectivity index (χ3v) is 4.74. The van der Waals surface area contributed by atoms with Crippen LogP contribution in [0.25, 0.3) is 10.9 Å². The number of anilines is 1. The van der Waals surface area contributed by atoms with Crippen molar-refractivity contribution in [3.63, 3.8) is 0 Å². The smallest absolute Gasteiger partial charge is 0.313 e. The van der Waals surface area contributed by atoms with E-state index < -0.39 is 5.97 Å². The van der Waals surface area contributed by atoms with Crippen molar-refractivity contribution in [3.8, 4) is 5.75 Å². The summed E-state index contributed by atoms with van der Waals surface area (Å²) >= 11 is 0. The van der Waals surface area contributed by atoms with Gasteiger partial charge in [-0.25, -0.2) is 0 Å². The predicted octanol–water partition coefficient (Wildman–Crippen LogP) is 2.52. The number of hydrogen-bond donors (Lipinski definition) is 0. The molecular formula is C21H19N3O4. The third kappa shape index (κ3) is 3.64. The topological polar surface area (TPSA) is 81.5 Å². The maximum atomic E-state index is 12.2. The third-order valence-electron chi connectivity index (χ3n) is 4.74. The van der Waals surface area contributed by atoms with Crippen LogP contribution in [0.1, 0.15) is 19.3 Å². The highest BCUT2D eigenvalue weighted by Gasteiger charge is 2.21. The molecule has 2 heterocycles. The minimum absolute atomic E-state index is 0.116. The van der Waals surface area contributed by atoms with Gasteiger partial charge in [-0.2, -0.15) is 5.10 Å². The van der Waals surface area contributed by atoms with Crippen LogP contribution < -0.4 is 15.1 Å². The van der Waals surface area contributed by atoms with E-state index in [0.717, 1.165) is 18.7 Å². The molecule has 28 heavy (non-hydrogen) atoms. The molecule has 1 saturated heterocycles. The van der Waals surface area contributed by atoms with Crippen LogP contribution in [0.4, 0.5) is 5.69 Å². The van der Waals surface area contributed by atoms with Gasteiger partial charge in [0.1, 0.15) is 5.75 Å². The Balaban J connectivity index is 1.39. The van der Waals surface area contributed by atoms with Gasteiger partial charge in [0.2, 0.25) is 11.3 Å². The van der Waals surface area contributed by atoms with Gasteiger partial charge in [0.05, 0.1) is 24.7 Å². The second kappa shape index (κ2) is 7.64. The lowest BCUT2D eigenvalue weighted by Gasteiger charge is -2.15. The first-order chi connectivity index (χ1) is 13.6. The van der Waals surface area contributed by atoms with Crippen LogP contribution in [0.5, 0.6) is 5.75 Å². The van der Waals surface area contributed by atoms with Crippen molar-refractivity contribution in [2.45, 2.75) is 25.8 Å². The maximum Gasteiger partial charge on any atom is 0.313 e. The Morgan fingerprint density at radius 2 is 1.86 bits per heavy atom. The molecule has 1 aromatic heterocycles. The molecule has 1 aliphatic heterocycles. The zero-order chi connectivity index (χ0) is 19.5. The number of ether oxygens (including phenoxy) is 1. The Labute approximate surface area is 161 Å². The maximum absolute atomic E-state index is 12.2. The van der Waals surface area contributed by atoms with E-state index in [0.29, 0.717) is 29.6 Å². The first-order valence-corrected chi connectivity index (χ1v) is 9.18. The summed E-state index contributed by atoms with van der Waals surface area (Å²) in [5.41, 5.74) is 1.35. The van der Waals surface area contributed by atoms with Crippen molar-refractivity contribution >= 4 is 28.5 Å². The summed E-state index contributed by atoms with van der Waals surface area (Å²) in [7, 11) is 0. The quantitative estimate of drug-likeness (QED) is 0.504. The highest BCUT2D eigenvalue weighted by molar-refractivity contribution is 5.95. The molecule has 0 radical (unpaired) electrons. The molecule has 7 heteroatoms. The van der Waals surface area contributed by atoms with E-state index in [4.69, 9.17) is 4.74 Å². The molecule has 0 aliphatic carbocycles. The fraction of sp³-hybridized carbons (Fsp3) is 0.238. The summed E-state index contributed by atoms with van der Waals surface area (Å²) < 4.78 is 7.00. The van der Waals surface area contributed by atoms with Crippen LogP contribution in [-0.4, -0.2) is 28.2 Å². The first-order valence-electron chi connectivity index (χ1n) is 9.18. The van der Waals surface area contributed by atoms with Gasteiger partial charge < -0.3 is 9.64 Å². The molecule has 0 bridgehead atoms. The molecule has 7 nitrogen and oxygen atoms in total. The highest BCUT2D eigenvalue weighted by Crippen LogP contribution is 2.24. The number of nitrogens with zero attached hydrogens (tertiary/aromatic N) is 3. The minimum Gasteiger partial charge on any atom is -0.426 e. The molecule has 142 valence electrons. The molecule has 0 spiro atoms. The van der Waals surface area contributed by atoms with E-state index in [-0.39, 0.29) is 17.8 Å². The lowest BCUT2D eigenvalue weighted by Crippen LogP contribution is -2.23. The number of rotatable bonds is 5. The van der Waals surface area contributed by atoms with E-state index in [2.05, 4.69) is 5.10 Å². The number of aryl methyl sites for hydroxylation is 1. The van der Waals surface area contributed by atoms with Gasteiger partial charge in [-0.3, -0.25) is 19.1 Å². The van der Waals surface area contributed by atoms with Gasteiger partial charge in [0.15, 0.2) is 0 Å². The Kier molecular flexibility index (Phi) is 4.89. The van der Waals surface area contributed by atoms with Crippen LogP contribution in [0.2, 0.25) is 0 Å². The van der Waals surface area contributed by atoms with E-state index >= 15 is 0 Å². The second-order valence-electron chi connectivity index (χ2n) is 6.62. The first kappa shape index (κ1) is 17.9. The molecule has 2 aromatic carbocycles. The number of carbonyl (C=O) groups is 2. The fourth-order valence-corrected chi connectivity index (χ4v) is 3.33. The lowest BCUT2D eigenvalue weighted by molar-refractivity contribution is -0.134. The normalized spacial score (nSPS) is 13.9. The van der Waals surface area contributed by atoms with E-state index in [1.807, 2.05) is 6.07 Å². The Morgan fingerprint density at radius 3 is 2.61 bits per heavy atom. The highest BCUT2D eigenvalue weighted by atomic mass is 16.5. The van der Waals surface area contributed by atoms with Crippen LogP contribution >= 0.6 is 0 Å². The summed E-state index contributed by atoms with van der Waals surface area (Å²) in [6.45, 7) is 1.03. The summed E-state index contributed by atoms with van der Waals surface area (Å²) in [6, 6.07) is 14.1. The zero-order valence-corrected chi connectivity index (χ0v) is 15.2. The standard InChI is InChI=1S/C21H19N3O4/c25-19-14-22-24(18-5-2-1-4-17(18)19)13-11-21(27)28-16-9-7-15(8-10-16)23-12-3-6-20(23)26/h1-2,4-5,7-10,14H,3,6,11-13H2. The number of benzene rings is 2. The zero-order valence-electron chi connectivity index (χ0n) is 15.2.